The van der Waals surface area contributed by atoms with E-state index in [9.17, 15) is 0 Å². The van der Waals surface area contributed by atoms with Crippen LogP contribution in [0.2, 0.25) is 0 Å². The van der Waals surface area contributed by atoms with Gasteiger partial charge in [-0.05, 0) is 17.7 Å². The van der Waals surface area contributed by atoms with E-state index in [2.05, 4.69) is 15.3 Å². The maximum Gasteiger partial charge on any atom is 0.0796 e. The molecule has 2 heterocycles. The second kappa shape index (κ2) is 4.19. The summed E-state index contributed by atoms with van der Waals surface area (Å²) in [6.45, 7) is 0. The van der Waals surface area contributed by atoms with Gasteiger partial charge in [0.05, 0.1) is 23.4 Å². The SMILES string of the molecule is Cn1nncc1C(N)c1cccc2ncccc12. The average Bonchev–Trinajstić information content (AvgIpc) is 2.83. The minimum absolute atomic E-state index is 0.252. The smallest absolute Gasteiger partial charge is 0.0796 e. The van der Waals surface area contributed by atoms with Crippen LogP contribution in [0.25, 0.3) is 10.9 Å². The van der Waals surface area contributed by atoms with Crippen LogP contribution in [0, 0.1) is 0 Å². The van der Waals surface area contributed by atoms with Crippen molar-refractivity contribution in [3.63, 3.8) is 0 Å². The summed E-state index contributed by atoms with van der Waals surface area (Å²) in [5.41, 5.74) is 9.16. The van der Waals surface area contributed by atoms with Gasteiger partial charge in [-0.3, -0.25) is 9.67 Å². The molecule has 1 unspecified atom stereocenters. The lowest BCUT2D eigenvalue weighted by Crippen LogP contribution is -2.16. The predicted octanol–water partition coefficient (Wildman–Crippen LogP) is 1.41. The first-order valence-corrected chi connectivity index (χ1v) is 5.71. The highest BCUT2D eigenvalue weighted by Crippen LogP contribution is 2.25. The number of hydrogen-bond donors (Lipinski definition) is 1. The fraction of sp³-hybridized carbons (Fsp3) is 0.154. The third-order valence-corrected chi connectivity index (χ3v) is 3.08. The van der Waals surface area contributed by atoms with Gasteiger partial charge >= 0.3 is 0 Å². The van der Waals surface area contributed by atoms with Crippen LogP contribution in [0.4, 0.5) is 0 Å². The number of nitrogens with zero attached hydrogens (tertiary/aromatic N) is 4. The fourth-order valence-corrected chi connectivity index (χ4v) is 2.14. The predicted molar refractivity (Wildman–Crippen MR) is 68.8 cm³/mol. The minimum Gasteiger partial charge on any atom is -0.319 e. The Bertz CT molecular complexity index is 683. The van der Waals surface area contributed by atoms with E-state index in [4.69, 9.17) is 5.73 Å². The topological polar surface area (TPSA) is 69.6 Å². The third kappa shape index (κ3) is 1.65. The Morgan fingerprint density at radius 3 is 2.89 bits per heavy atom. The summed E-state index contributed by atoms with van der Waals surface area (Å²) in [6, 6.07) is 9.66. The number of benzene rings is 1. The average molecular weight is 239 g/mol. The van der Waals surface area contributed by atoms with E-state index in [0.717, 1.165) is 22.2 Å². The maximum atomic E-state index is 6.30. The van der Waals surface area contributed by atoms with Gasteiger partial charge in [-0.25, -0.2) is 0 Å². The van der Waals surface area contributed by atoms with Crippen molar-refractivity contribution >= 4 is 10.9 Å². The molecule has 2 N–H and O–H groups in total. The highest BCUT2D eigenvalue weighted by Gasteiger charge is 2.15. The zero-order valence-corrected chi connectivity index (χ0v) is 9.99. The molecule has 18 heavy (non-hydrogen) atoms. The summed E-state index contributed by atoms with van der Waals surface area (Å²) in [5.74, 6) is 0. The molecule has 1 aromatic carbocycles. The van der Waals surface area contributed by atoms with Crippen molar-refractivity contribution in [3.05, 3.63) is 54.0 Å². The van der Waals surface area contributed by atoms with E-state index in [1.54, 1.807) is 17.1 Å². The Labute approximate surface area is 104 Å². The molecule has 0 saturated carbocycles. The van der Waals surface area contributed by atoms with E-state index < -0.39 is 0 Å². The molecule has 3 aromatic rings. The van der Waals surface area contributed by atoms with Crippen LogP contribution in [0.15, 0.2) is 42.7 Å². The molecule has 2 aromatic heterocycles. The molecule has 0 aliphatic rings. The van der Waals surface area contributed by atoms with Crippen LogP contribution >= 0.6 is 0 Å². The molecule has 0 spiro atoms. The van der Waals surface area contributed by atoms with Gasteiger partial charge in [-0.1, -0.05) is 23.4 Å². The number of aryl methyl sites for hydroxylation is 1. The Balaban J connectivity index is 2.18. The number of nitrogens with two attached hydrogens (primary N) is 1. The Kier molecular flexibility index (Phi) is 2.53. The van der Waals surface area contributed by atoms with E-state index in [0.29, 0.717) is 0 Å². The number of aromatic nitrogens is 4. The van der Waals surface area contributed by atoms with E-state index >= 15 is 0 Å². The van der Waals surface area contributed by atoms with E-state index in [1.807, 2.05) is 37.4 Å². The lowest BCUT2D eigenvalue weighted by molar-refractivity contribution is 0.652. The lowest BCUT2D eigenvalue weighted by atomic mass is 10.00. The molecule has 0 radical (unpaired) electrons. The molecule has 1 atom stereocenters. The van der Waals surface area contributed by atoms with Crippen molar-refractivity contribution in [1.29, 1.82) is 0 Å². The third-order valence-electron chi connectivity index (χ3n) is 3.08. The summed E-state index contributed by atoms with van der Waals surface area (Å²) in [6.07, 6.45) is 3.48. The highest BCUT2D eigenvalue weighted by atomic mass is 15.4. The van der Waals surface area contributed by atoms with Gasteiger partial charge in [-0.15, -0.1) is 5.10 Å². The van der Waals surface area contributed by atoms with Crippen molar-refractivity contribution < 1.29 is 0 Å². The second-order valence-electron chi connectivity index (χ2n) is 4.18. The molecule has 3 rings (SSSR count). The first-order valence-electron chi connectivity index (χ1n) is 5.71. The first kappa shape index (κ1) is 10.9. The van der Waals surface area contributed by atoms with Gasteiger partial charge in [0.15, 0.2) is 0 Å². The van der Waals surface area contributed by atoms with Crippen LogP contribution in [0.5, 0.6) is 0 Å². The number of fused-ring (bicyclic) bond motifs is 1. The second-order valence-corrected chi connectivity index (χ2v) is 4.18. The van der Waals surface area contributed by atoms with E-state index in [-0.39, 0.29) is 6.04 Å². The standard InChI is InChI=1S/C13H13N5/c1-18-12(8-16-17-18)13(14)10-4-2-6-11-9(10)5-3-7-15-11/h2-8,13H,14H2,1H3. The quantitative estimate of drug-likeness (QED) is 0.734. The molecule has 0 amide bonds. The van der Waals surface area contributed by atoms with Gasteiger partial charge < -0.3 is 5.73 Å². The van der Waals surface area contributed by atoms with Crippen molar-refractivity contribution in [2.75, 3.05) is 0 Å². The molecule has 0 saturated heterocycles. The van der Waals surface area contributed by atoms with Crippen LogP contribution < -0.4 is 5.73 Å². The van der Waals surface area contributed by atoms with Crippen LogP contribution in [-0.2, 0) is 7.05 Å². The zero-order valence-electron chi connectivity index (χ0n) is 9.99. The van der Waals surface area contributed by atoms with Crippen molar-refractivity contribution in [1.82, 2.24) is 20.0 Å². The van der Waals surface area contributed by atoms with Gasteiger partial charge in [-0.2, -0.15) is 0 Å². The molecule has 0 aliphatic heterocycles. The monoisotopic (exact) mass is 239 g/mol. The van der Waals surface area contributed by atoms with Crippen molar-refractivity contribution in [3.8, 4) is 0 Å². The molecule has 0 bridgehead atoms. The summed E-state index contributed by atoms with van der Waals surface area (Å²) in [7, 11) is 1.84. The van der Waals surface area contributed by atoms with E-state index in [1.165, 1.54) is 0 Å². The summed E-state index contributed by atoms with van der Waals surface area (Å²) in [5, 5.41) is 8.84. The molecule has 0 fully saturated rings. The van der Waals surface area contributed by atoms with Crippen LogP contribution in [-0.4, -0.2) is 20.0 Å². The molecule has 0 aliphatic carbocycles. The minimum atomic E-state index is -0.252. The Morgan fingerprint density at radius 1 is 1.22 bits per heavy atom. The van der Waals surface area contributed by atoms with Crippen molar-refractivity contribution in [2.45, 2.75) is 6.04 Å². The maximum absolute atomic E-state index is 6.30. The Hall–Kier alpha value is -2.27. The van der Waals surface area contributed by atoms with Crippen LogP contribution in [0.1, 0.15) is 17.3 Å². The van der Waals surface area contributed by atoms with Gasteiger partial charge in [0.2, 0.25) is 0 Å². The molecular weight excluding hydrogens is 226 g/mol. The van der Waals surface area contributed by atoms with Gasteiger partial charge in [0.1, 0.15) is 0 Å². The summed E-state index contributed by atoms with van der Waals surface area (Å²) in [4.78, 5) is 4.33. The summed E-state index contributed by atoms with van der Waals surface area (Å²) < 4.78 is 1.69. The largest absolute Gasteiger partial charge is 0.319 e. The first-order chi connectivity index (χ1) is 8.77. The molecular formula is C13H13N5. The number of hydrogen-bond acceptors (Lipinski definition) is 4. The fourth-order valence-electron chi connectivity index (χ4n) is 2.14. The van der Waals surface area contributed by atoms with Gasteiger partial charge in [0.25, 0.3) is 0 Å². The normalized spacial score (nSPS) is 12.8. The molecule has 5 nitrogen and oxygen atoms in total. The van der Waals surface area contributed by atoms with Gasteiger partial charge in [0, 0.05) is 18.6 Å². The summed E-state index contributed by atoms with van der Waals surface area (Å²) >= 11 is 0. The Morgan fingerprint density at radius 2 is 2.11 bits per heavy atom. The molecule has 90 valence electrons. The van der Waals surface area contributed by atoms with Crippen molar-refractivity contribution in [2.24, 2.45) is 12.8 Å². The molecule has 5 heteroatoms. The number of rotatable bonds is 2. The zero-order chi connectivity index (χ0) is 12.5. The lowest BCUT2D eigenvalue weighted by Gasteiger charge is -2.13. The van der Waals surface area contributed by atoms with Crippen LogP contribution in [0.3, 0.4) is 0 Å². The number of pyridine rings is 1. The highest BCUT2D eigenvalue weighted by molar-refractivity contribution is 5.82.